The molecule has 134 valence electrons. The fourth-order valence-electron chi connectivity index (χ4n) is 3.43. The predicted octanol–water partition coefficient (Wildman–Crippen LogP) is 6.12. The molecular weight excluding hydrogens is 356 g/mol. The van der Waals surface area contributed by atoms with Crippen molar-refractivity contribution >= 4 is 51.1 Å². The van der Waals surface area contributed by atoms with Crippen molar-refractivity contribution in [2.24, 2.45) is 0 Å². The Morgan fingerprint density at radius 1 is 1.00 bits per heavy atom. The minimum atomic E-state index is -0.187. The van der Waals surface area contributed by atoms with Crippen LogP contribution in [-0.4, -0.2) is 10.5 Å². The SMILES string of the molecule is CCn1c2ccccc2c2cc(NC(=O)/C=C/c3ccccc3Cl)ccc21. The van der Waals surface area contributed by atoms with E-state index in [0.29, 0.717) is 5.02 Å². The number of aromatic nitrogens is 1. The van der Waals surface area contributed by atoms with Gasteiger partial charge in [0.15, 0.2) is 0 Å². The van der Waals surface area contributed by atoms with E-state index in [4.69, 9.17) is 11.6 Å². The van der Waals surface area contributed by atoms with Crippen LogP contribution in [0.4, 0.5) is 5.69 Å². The third-order valence-electron chi connectivity index (χ3n) is 4.68. The van der Waals surface area contributed by atoms with Crippen molar-refractivity contribution in [1.82, 2.24) is 4.57 Å². The molecule has 0 unspecified atom stereocenters. The zero-order chi connectivity index (χ0) is 18.8. The van der Waals surface area contributed by atoms with Gasteiger partial charge in [0.25, 0.3) is 0 Å². The summed E-state index contributed by atoms with van der Waals surface area (Å²) in [5.41, 5.74) is 3.96. The topological polar surface area (TPSA) is 34.0 Å². The summed E-state index contributed by atoms with van der Waals surface area (Å²) >= 11 is 6.12. The first-order chi connectivity index (χ1) is 13.2. The fourth-order valence-corrected chi connectivity index (χ4v) is 3.63. The normalized spacial score (nSPS) is 11.5. The van der Waals surface area contributed by atoms with Crippen LogP contribution in [0.25, 0.3) is 27.9 Å². The van der Waals surface area contributed by atoms with Gasteiger partial charge in [0.05, 0.1) is 0 Å². The largest absolute Gasteiger partial charge is 0.341 e. The first-order valence-corrected chi connectivity index (χ1v) is 9.30. The van der Waals surface area contributed by atoms with E-state index in [-0.39, 0.29) is 5.91 Å². The van der Waals surface area contributed by atoms with Crippen molar-refractivity contribution in [3.63, 3.8) is 0 Å². The second kappa shape index (κ2) is 7.29. The van der Waals surface area contributed by atoms with Crippen LogP contribution in [0.5, 0.6) is 0 Å². The Balaban J connectivity index is 1.64. The molecule has 1 amide bonds. The number of hydrogen-bond acceptors (Lipinski definition) is 1. The number of anilines is 1. The van der Waals surface area contributed by atoms with Gasteiger partial charge in [-0.15, -0.1) is 0 Å². The molecule has 4 heteroatoms. The Labute approximate surface area is 162 Å². The smallest absolute Gasteiger partial charge is 0.248 e. The van der Waals surface area contributed by atoms with E-state index < -0.39 is 0 Å². The van der Waals surface area contributed by atoms with E-state index in [1.54, 1.807) is 12.1 Å². The van der Waals surface area contributed by atoms with Crippen LogP contribution >= 0.6 is 11.6 Å². The maximum absolute atomic E-state index is 12.3. The van der Waals surface area contributed by atoms with E-state index in [2.05, 4.69) is 41.1 Å². The van der Waals surface area contributed by atoms with Crippen molar-refractivity contribution in [3.05, 3.63) is 83.4 Å². The highest BCUT2D eigenvalue weighted by molar-refractivity contribution is 6.32. The lowest BCUT2D eigenvalue weighted by Gasteiger charge is -2.05. The van der Waals surface area contributed by atoms with Crippen molar-refractivity contribution in [2.75, 3.05) is 5.32 Å². The van der Waals surface area contributed by atoms with E-state index in [0.717, 1.165) is 23.2 Å². The Morgan fingerprint density at radius 2 is 1.74 bits per heavy atom. The molecule has 0 saturated heterocycles. The molecule has 3 nitrogen and oxygen atoms in total. The van der Waals surface area contributed by atoms with Gasteiger partial charge < -0.3 is 9.88 Å². The summed E-state index contributed by atoms with van der Waals surface area (Å²) in [5.74, 6) is -0.187. The summed E-state index contributed by atoms with van der Waals surface area (Å²) in [4.78, 5) is 12.3. The maximum atomic E-state index is 12.3. The first-order valence-electron chi connectivity index (χ1n) is 8.92. The van der Waals surface area contributed by atoms with E-state index >= 15 is 0 Å². The molecule has 0 saturated carbocycles. The summed E-state index contributed by atoms with van der Waals surface area (Å²) in [7, 11) is 0. The Morgan fingerprint density at radius 3 is 2.56 bits per heavy atom. The number of fused-ring (bicyclic) bond motifs is 3. The van der Waals surface area contributed by atoms with Gasteiger partial charge in [-0.05, 0) is 48.9 Å². The molecule has 0 fully saturated rings. The van der Waals surface area contributed by atoms with Crippen LogP contribution in [0.3, 0.4) is 0 Å². The number of para-hydroxylation sites is 1. The minimum Gasteiger partial charge on any atom is -0.341 e. The zero-order valence-corrected chi connectivity index (χ0v) is 15.7. The fraction of sp³-hybridized carbons (Fsp3) is 0.0870. The molecule has 0 atom stereocenters. The quantitative estimate of drug-likeness (QED) is 0.429. The summed E-state index contributed by atoms with van der Waals surface area (Å²) in [6.07, 6.45) is 3.22. The standard InChI is InChI=1S/C23H19ClN2O/c1-2-26-21-10-6-4-8-18(21)19-15-17(12-13-22(19)26)25-23(27)14-11-16-7-3-5-9-20(16)24/h3-15H,2H2,1H3,(H,25,27)/b14-11+. The highest BCUT2D eigenvalue weighted by atomic mass is 35.5. The van der Waals surface area contributed by atoms with Crippen molar-refractivity contribution in [3.8, 4) is 0 Å². The summed E-state index contributed by atoms with van der Waals surface area (Å²) in [6.45, 7) is 3.04. The number of benzene rings is 3. The molecule has 1 N–H and O–H groups in total. The molecule has 0 aliphatic rings. The summed E-state index contributed by atoms with van der Waals surface area (Å²) < 4.78 is 2.29. The zero-order valence-electron chi connectivity index (χ0n) is 14.9. The molecule has 1 aromatic heterocycles. The number of aryl methyl sites for hydroxylation is 1. The summed E-state index contributed by atoms with van der Waals surface area (Å²) in [5, 5.41) is 5.89. The third kappa shape index (κ3) is 3.34. The number of rotatable bonds is 4. The highest BCUT2D eigenvalue weighted by Crippen LogP contribution is 2.31. The first kappa shape index (κ1) is 17.4. The molecular formula is C23H19ClN2O. The number of carbonyl (C=O) groups is 1. The average molecular weight is 375 g/mol. The van der Waals surface area contributed by atoms with Gasteiger partial charge in [0, 0.05) is 45.1 Å². The number of nitrogens with zero attached hydrogens (tertiary/aromatic N) is 1. The molecule has 4 rings (SSSR count). The molecule has 1 heterocycles. The van der Waals surface area contributed by atoms with E-state index in [9.17, 15) is 4.79 Å². The number of amides is 1. The van der Waals surface area contributed by atoms with Crippen LogP contribution in [0.15, 0.2) is 72.8 Å². The number of carbonyl (C=O) groups excluding carboxylic acids is 1. The van der Waals surface area contributed by atoms with Crippen molar-refractivity contribution < 1.29 is 4.79 Å². The number of halogens is 1. The van der Waals surface area contributed by atoms with Gasteiger partial charge >= 0.3 is 0 Å². The van der Waals surface area contributed by atoms with Crippen LogP contribution in [0.1, 0.15) is 12.5 Å². The predicted molar refractivity (Wildman–Crippen MR) is 114 cm³/mol. The Bertz CT molecular complexity index is 1170. The van der Waals surface area contributed by atoms with E-state index in [1.807, 2.05) is 36.4 Å². The second-order valence-electron chi connectivity index (χ2n) is 6.34. The van der Waals surface area contributed by atoms with Gasteiger partial charge in [0.1, 0.15) is 0 Å². The summed E-state index contributed by atoms with van der Waals surface area (Å²) in [6, 6.07) is 21.8. The van der Waals surface area contributed by atoms with Crippen LogP contribution < -0.4 is 5.32 Å². The number of nitrogens with one attached hydrogen (secondary N) is 1. The lowest BCUT2D eigenvalue weighted by atomic mass is 10.1. The lowest BCUT2D eigenvalue weighted by molar-refractivity contribution is -0.111. The molecule has 0 bridgehead atoms. The molecule has 0 radical (unpaired) electrons. The highest BCUT2D eigenvalue weighted by Gasteiger charge is 2.10. The molecule has 0 aliphatic heterocycles. The molecule has 3 aromatic carbocycles. The van der Waals surface area contributed by atoms with Gasteiger partial charge in [0.2, 0.25) is 5.91 Å². The van der Waals surface area contributed by atoms with Crippen molar-refractivity contribution in [1.29, 1.82) is 0 Å². The molecule has 0 spiro atoms. The third-order valence-corrected chi connectivity index (χ3v) is 5.02. The van der Waals surface area contributed by atoms with Gasteiger partial charge in [-0.1, -0.05) is 48.0 Å². The van der Waals surface area contributed by atoms with Gasteiger partial charge in [-0.2, -0.15) is 0 Å². The van der Waals surface area contributed by atoms with Gasteiger partial charge in [-0.3, -0.25) is 4.79 Å². The van der Waals surface area contributed by atoms with Crippen LogP contribution in [0, 0.1) is 0 Å². The monoisotopic (exact) mass is 374 g/mol. The second-order valence-corrected chi connectivity index (χ2v) is 6.74. The minimum absolute atomic E-state index is 0.187. The van der Waals surface area contributed by atoms with E-state index in [1.165, 1.54) is 22.5 Å². The Kier molecular flexibility index (Phi) is 4.69. The lowest BCUT2D eigenvalue weighted by Crippen LogP contribution is -2.07. The average Bonchev–Trinajstić information content (AvgIpc) is 3.00. The van der Waals surface area contributed by atoms with Gasteiger partial charge in [-0.25, -0.2) is 0 Å². The molecule has 27 heavy (non-hydrogen) atoms. The maximum Gasteiger partial charge on any atom is 0.248 e. The molecule has 0 aliphatic carbocycles. The van der Waals surface area contributed by atoms with Crippen molar-refractivity contribution in [2.45, 2.75) is 13.5 Å². The van der Waals surface area contributed by atoms with Crippen LogP contribution in [-0.2, 0) is 11.3 Å². The van der Waals surface area contributed by atoms with Crippen LogP contribution in [0.2, 0.25) is 5.02 Å². The Hall–Kier alpha value is -3.04. The number of hydrogen-bond donors (Lipinski definition) is 1. The molecule has 4 aromatic rings.